The lowest BCUT2D eigenvalue weighted by molar-refractivity contribution is 0.239. The number of aromatic nitrogens is 4. The van der Waals surface area contributed by atoms with E-state index in [0.29, 0.717) is 11.1 Å². The Labute approximate surface area is 104 Å². The molecule has 0 amide bonds. The zero-order chi connectivity index (χ0) is 11.8. The van der Waals surface area contributed by atoms with Gasteiger partial charge in [-0.05, 0) is 30.9 Å². The van der Waals surface area contributed by atoms with E-state index >= 15 is 0 Å². The van der Waals surface area contributed by atoms with Crippen molar-refractivity contribution < 1.29 is 0 Å². The number of piperidine rings is 1. The molecule has 3 heterocycles. The van der Waals surface area contributed by atoms with Crippen LogP contribution in [0.2, 0.25) is 5.15 Å². The molecule has 5 nitrogen and oxygen atoms in total. The van der Waals surface area contributed by atoms with E-state index in [9.17, 15) is 0 Å². The molecule has 0 saturated carbocycles. The fourth-order valence-corrected chi connectivity index (χ4v) is 2.32. The van der Waals surface area contributed by atoms with E-state index in [1.807, 2.05) is 6.07 Å². The Bertz CT molecular complexity index is 538. The first-order chi connectivity index (χ1) is 8.24. The number of hydrogen-bond acceptors (Lipinski definition) is 3. The molecule has 89 valence electrons. The molecule has 2 unspecified atom stereocenters. The van der Waals surface area contributed by atoms with E-state index in [0.717, 1.165) is 30.6 Å². The predicted molar refractivity (Wildman–Crippen MR) is 64.8 cm³/mol. The highest BCUT2D eigenvalue weighted by Crippen LogP contribution is 2.25. The van der Waals surface area contributed by atoms with Crippen molar-refractivity contribution in [1.82, 2.24) is 25.3 Å². The third-order valence-electron chi connectivity index (χ3n) is 3.14. The summed E-state index contributed by atoms with van der Waals surface area (Å²) < 4.78 is 1.79. The van der Waals surface area contributed by atoms with Gasteiger partial charge in [-0.15, -0.1) is 5.10 Å². The van der Waals surface area contributed by atoms with Crippen molar-refractivity contribution in [3.8, 4) is 0 Å². The second-order valence-electron chi connectivity index (χ2n) is 4.53. The van der Waals surface area contributed by atoms with E-state index in [4.69, 9.17) is 11.6 Å². The third kappa shape index (κ3) is 2.00. The smallest absolute Gasteiger partial charge is 0.181 e. The molecule has 1 fully saturated rings. The predicted octanol–water partition coefficient (Wildman–Crippen LogP) is 2.01. The van der Waals surface area contributed by atoms with Crippen LogP contribution >= 0.6 is 11.6 Å². The van der Waals surface area contributed by atoms with E-state index in [-0.39, 0.29) is 6.17 Å². The Morgan fingerprint density at radius 3 is 3.12 bits per heavy atom. The SMILES string of the molecule is CC1CC[N]C(n2nnc3ccc(Cl)nc32)C1. The summed E-state index contributed by atoms with van der Waals surface area (Å²) in [5.74, 6) is 0.663. The lowest BCUT2D eigenvalue weighted by atomic mass is 9.98. The summed E-state index contributed by atoms with van der Waals surface area (Å²) in [6.45, 7) is 3.12. The van der Waals surface area contributed by atoms with Gasteiger partial charge in [0.2, 0.25) is 0 Å². The number of nitrogens with zero attached hydrogens (tertiary/aromatic N) is 5. The lowest BCUT2D eigenvalue weighted by Crippen LogP contribution is -2.30. The molecule has 1 aliphatic rings. The van der Waals surface area contributed by atoms with Gasteiger partial charge in [-0.1, -0.05) is 23.7 Å². The van der Waals surface area contributed by atoms with Crippen molar-refractivity contribution in [2.45, 2.75) is 25.9 Å². The number of pyridine rings is 1. The maximum atomic E-state index is 5.90. The minimum Gasteiger partial charge on any atom is -0.215 e. The number of hydrogen-bond donors (Lipinski definition) is 0. The van der Waals surface area contributed by atoms with Crippen LogP contribution in [-0.2, 0) is 0 Å². The van der Waals surface area contributed by atoms with Crippen molar-refractivity contribution in [3.63, 3.8) is 0 Å². The van der Waals surface area contributed by atoms with Crippen LogP contribution in [0.4, 0.5) is 0 Å². The Morgan fingerprint density at radius 1 is 1.41 bits per heavy atom. The molecule has 17 heavy (non-hydrogen) atoms. The highest BCUT2D eigenvalue weighted by molar-refractivity contribution is 6.29. The molecule has 0 aromatic carbocycles. The van der Waals surface area contributed by atoms with Crippen molar-refractivity contribution in [2.75, 3.05) is 6.54 Å². The fourth-order valence-electron chi connectivity index (χ4n) is 2.18. The number of fused-ring (bicyclic) bond motifs is 1. The van der Waals surface area contributed by atoms with Gasteiger partial charge in [0.15, 0.2) is 5.65 Å². The zero-order valence-corrected chi connectivity index (χ0v) is 10.3. The Hall–Kier alpha value is -1.20. The largest absolute Gasteiger partial charge is 0.215 e. The fraction of sp³-hybridized carbons (Fsp3) is 0.545. The molecule has 0 spiro atoms. The van der Waals surface area contributed by atoms with Crippen LogP contribution in [0.1, 0.15) is 25.9 Å². The highest BCUT2D eigenvalue weighted by atomic mass is 35.5. The van der Waals surface area contributed by atoms with Gasteiger partial charge in [-0.3, -0.25) is 0 Å². The molecular weight excluding hydrogens is 238 g/mol. The molecule has 1 aliphatic heterocycles. The van der Waals surface area contributed by atoms with Gasteiger partial charge >= 0.3 is 0 Å². The Balaban J connectivity index is 2.01. The van der Waals surface area contributed by atoms with E-state index in [2.05, 4.69) is 27.5 Å². The Kier molecular flexibility index (Phi) is 2.72. The number of rotatable bonds is 1. The molecule has 0 bridgehead atoms. The first-order valence-corrected chi connectivity index (χ1v) is 6.16. The van der Waals surface area contributed by atoms with Crippen LogP contribution in [0.3, 0.4) is 0 Å². The molecule has 2 atom stereocenters. The molecular formula is C11H13ClN5. The van der Waals surface area contributed by atoms with Gasteiger partial charge in [0.05, 0.1) is 0 Å². The molecule has 0 aliphatic carbocycles. The van der Waals surface area contributed by atoms with Crippen LogP contribution in [0, 0.1) is 5.92 Å². The van der Waals surface area contributed by atoms with Crippen LogP contribution < -0.4 is 5.32 Å². The van der Waals surface area contributed by atoms with Crippen molar-refractivity contribution >= 4 is 22.8 Å². The quantitative estimate of drug-likeness (QED) is 0.728. The first kappa shape index (κ1) is 10.9. The zero-order valence-electron chi connectivity index (χ0n) is 9.54. The van der Waals surface area contributed by atoms with Gasteiger partial charge < -0.3 is 0 Å². The average molecular weight is 251 g/mol. The molecule has 2 aromatic rings. The summed E-state index contributed by atoms with van der Waals surface area (Å²) in [6, 6.07) is 3.56. The second kappa shape index (κ2) is 4.23. The topological polar surface area (TPSA) is 57.7 Å². The summed E-state index contributed by atoms with van der Waals surface area (Å²) in [5, 5.41) is 13.3. The standard InChI is InChI=1S/C11H13ClN5/c1-7-4-5-13-10(6-7)17-11-8(15-16-17)2-3-9(12)14-11/h2-3,7,10H,4-6H2,1H3. The van der Waals surface area contributed by atoms with Gasteiger partial charge in [0.1, 0.15) is 16.8 Å². The molecule has 2 aromatic heterocycles. The Morgan fingerprint density at radius 2 is 2.29 bits per heavy atom. The van der Waals surface area contributed by atoms with Crippen molar-refractivity contribution in [1.29, 1.82) is 0 Å². The maximum Gasteiger partial charge on any atom is 0.181 e. The van der Waals surface area contributed by atoms with Gasteiger partial charge in [0, 0.05) is 6.54 Å². The van der Waals surface area contributed by atoms with E-state index in [1.54, 1.807) is 10.7 Å². The van der Waals surface area contributed by atoms with Crippen LogP contribution in [0.5, 0.6) is 0 Å². The second-order valence-corrected chi connectivity index (χ2v) is 4.91. The van der Waals surface area contributed by atoms with Crippen molar-refractivity contribution in [2.24, 2.45) is 5.92 Å². The van der Waals surface area contributed by atoms with Crippen LogP contribution in [0.25, 0.3) is 11.2 Å². The average Bonchev–Trinajstić information content (AvgIpc) is 2.71. The highest BCUT2D eigenvalue weighted by Gasteiger charge is 2.23. The first-order valence-electron chi connectivity index (χ1n) is 5.78. The number of halogens is 1. The summed E-state index contributed by atoms with van der Waals surface area (Å²) in [6.07, 6.45) is 2.19. The van der Waals surface area contributed by atoms with Gasteiger partial charge in [-0.25, -0.2) is 15.0 Å². The van der Waals surface area contributed by atoms with Crippen LogP contribution in [0.15, 0.2) is 12.1 Å². The maximum absolute atomic E-state index is 5.90. The molecule has 1 radical (unpaired) electrons. The molecule has 0 N–H and O–H groups in total. The normalized spacial score (nSPS) is 25.3. The monoisotopic (exact) mass is 250 g/mol. The molecule has 6 heteroatoms. The lowest BCUT2D eigenvalue weighted by Gasteiger charge is -2.26. The van der Waals surface area contributed by atoms with E-state index < -0.39 is 0 Å². The molecule has 3 rings (SSSR count). The van der Waals surface area contributed by atoms with Crippen molar-refractivity contribution in [3.05, 3.63) is 17.3 Å². The van der Waals surface area contributed by atoms with Crippen LogP contribution in [-0.4, -0.2) is 26.5 Å². The van der Waals surface area contributed by atoms with Gasteiger partial charge in [0.25, 0.3) is 0 Å². The summed E-state index contributed by atoms with van der Waals surface area (Å²) in [7, 11) is 0. The molecule has 1 saturated heterocycles. The summed E-state index contributed by atoms with van der Waals surface area (Å²) in [4.78, 5) is 4.28. The minimum absolute atomic E-state index is 0.0507. The summed E-state index contributed by atoms with van der Waals surface area (Å²) in [5.41, 5.74) is 1.49. The van der Waals surface area contributed by atoms with Gasteiger partial charge in [-0.2, -0.15) is 0 Å². The third-order valence-corrected chi connectivity index (χ3v) is 3.35. The minimum atomic E-state index is 0.0507. The summed E-state index contributed by atoms with van der Waals surface area (Å²) >= 11 is 5.90. The van der Waals surface area contributed by atoms with E-state index in [1.165, 1.54) is 0 Å².